The van der Waals surface area contributed by atoms with E-state index >= 15 is 0 Å². The van der Waals surface area contributed by atoms with Gasteiger partial charge >= 0.3 is 0 Å². The Kier molecular flexibility index (Phi) is 9.79. The lowest BCUT2D eigenvalue weighted by molar-refractivity contribution is -0.134. The number of likely N-dealkylation sites (tertiary alicyclic amines) is 1. The molecule has 3 aliphatic rings. The number of nitrogens with one attached hydrogen (secondary N) is 2. The lowest BCUT2D eigenvalue weighted by Gasteiger charge is -2.31. The molecule has 0 radical (unpaired) electrons. The van der Waals surface area contributed by atoms with Gasteiger partial charge in [-0.25, -0.2) is 8.78 Å². The van der Waals surface area contributed by atoms with Gasteiger partial charge in [0.05, 0.1) is 19.1 Å². The average Bonchev–Trinajstić information content (AvgIpc) is 3.70. The Labute approximate surface area is 241 Å². The second-order valence-electron chi connectivity index (χ2n) is 10.9. The van der Waals surface area contributed by atoms with Crippen molar-refractivity contribution in [3.63, 3.8) is 0 Å². The van der Waals surface area contributed by atoms with Gasteiger partial charge in [-0.15, -0.1) is 0 Å². The Bertz CT molecular complexity index is 1190. The van der Waals surface area contributed by atoms with E-state index in [0.717, 1.165) is 29.2 Å². The first-order chi connectivity index (χ1) is 19.7. The van der Waals surface area contributed by atoms with Crippen LogP contribution in [0.5, 0.6) is 0 Å². The van der Waals surface area contributed by atoms with Crippen LogP contribution in [0.3, 0.4) is 0 Å². The highest BCUT2D eigenvalue weighted by Gasteiger charge is 2.49. The van der Waals surface area contributed by atoms with Crippen molar-refractivity contribution in [2.75, 3.05) is 32.8 Å². The van der Waals surface area contributed by atoms with Crippen LogP contribution in [0.25, 0.3) is 11.1 Å². The maximum absolute atomic E-state index is 13.7. The number of nitrogens with zero attached hydrogens (tertiary/aromatic N) is 1. The summed E-state index contributed by atoms with van der Waals surface area (Å²) in [6.07, 6.45) is 2.92. The third-order valence-electron chi connectivity index (χ3n) is 8.16. The lowest BCUT2D eigenvalue weighted by atomic mass is 9.73. The topological polar surface area (TPSA) is 87.7 Å². The van der Waals surface area contributed by atoms with Crippen LogP contribution in [0.4, 0.5) is 8.78 Å². The second-order valence-corrected chi connectivity index (χ2v) is 10.9. The van der Waals surface area contributed by atoms with Crippen molar-refractivity contribution in [2.45, 2.75) is 70.3 Å². The normalized spacial score (nSPS) is 20.6. The maximum atomic E-state index is 13.7. The smallest absolute Gasteiger partial charge is 0.262 e. The molecule has 0 spiro atoms. The molecule has 2 aromatic rings. The molecule has 1 aliphatic carbocycles. The summed E-state index contributed by atoms with van der Waals surface area (Å²) >= 11 is 0. The minimum atomic E-state index is -3.03. The zero-order chi connectivity index (χ0) is 29.6. The standard InChI is InChI=1S/C30H35F2N3O4.C2H6/c1-29(31,32)19-33-28(38)30(23-10-4-2-8-21(23)22-9-3-5-11-24(22)30)14-6-7-15-35-16-12-25(27(35)37)34-26(36)20-13-17-39-18-20;1-2/h2-5,8-11,20,25H,6-7,12-19H2,1H3,(H,33,38)(H,34,36);1-2H3. The van der Waals surface area contributed by atoms with Gasteiger partial charge in [0.15, 0.2) is 0 Å². The number of halogens is 2. The van der Waals surface area contributed by atoms with Crippen LogP contribution in [0.15, 0.2) is 48.5 Å². The summed E-state index contributed by atoms with van der Waals surface area (Å²) in [5, 5.41) is 5.40. The van der Waals surface area contributed by atoms with Gasteiger partial charge in [-0.3, -0.25) is 14.4 Å². The van der Waals surface area contributed by atoms with Crippen molar-refractivity contribution in [2.24, 2.45) is 5.92 Å². The first-order valence-corrected chi connectivity index (χ1v) is 14.7. The molecule has 2 aliphatic heterocycles. The van der Waals surface area contributed by atoms with Crippen LogP contribution in [0.1, 0.15) is 64.0 Å². The largest absolute Gasteiger partial charge is 0.381 e. The highest BCUT2D eigenvalue weighted by atomic mass is 19.3. The number of amides is 3. The summed E-state index contributed by atoms with van der Waals surface area (Å²) in [4.78, 5) is 40.9. The molecule has 2 atom stereocenters. The van der Waals surface area contributed by atoms with Crippen molar-refractivity contribution >= 4 is 17.7 Å². The molecular weight excluding hydrogens is 528 g/mol. The first-order valence-electron chi connectivity index (χ1n) is 14.7. The monoisotopic (exact) mass is 569 g/mol. The highest BCUT2D eigenvalue weighted by molar-refractivity contribution is 6.00. The third-order valence-corrected chi connectivity index (χ3v) is 8.16. The Hall–Kier alpha value is -3.33. The predicted molar refractivity (Wildman–Crippen MR) is 154 cm³/mol. The van der Waals surface area contributed by atoms with Crippen LogP contribution < -0.4 is 10.6 Å². The molecule has 0 aromatic heterocycles. The zero-order valence-corrected chi connectivity index (χ0v) is 24.2. The number of carbonyl (C=O) groups is 3. The fourth-order valence-electron chi connectivity index (χ4n) is 6.16. The third kappa shape index (κ3) is 6.45. The molecule has 7 nitrogen and oxygen atoms in total. The summed E-state index contributed by atoms with van der Waals surface area (Å²) in [7, 11) is 0. The molecule has 222 valence electrons. The molecule has 2 N–H and O–H groups in total. The molecule has 5 rings (SSSR count). The number of hydrogen-bond acceptors (Lipinski definition) is 4. The number of alkyl halides is 2. The van der Waals surface area contributed by atoms with E-state index in [0.29, 0.717) is 58.4 Å². The molecule has 2 fully saturated rings. The zero-order valence-electron chi connectivity index (χ0n) is 24.2. The van der Waals surface area contributed by atoms with Crippen molar-refractivity contribution in [1.82, 2.24) is 15.5 Å². The highest BCUT2D eigenvalue weighted by Crippen LogP contribution is 2.51. The van der Waals surface area contributed by atoms with E-state index in [2.05, 4.69) is 10.6 Å². The summed E-state index contributed by atoms with van der Waals surface area (Å²) in [6.45, 7) is 6.09. The van der Waals surface area contributed by atoms with Gasteiger partial charge in [-0.05, 0) is 54.4 Å². The number of rotatable bonds is 10. The summed E-state index contributed by atoms with van der Waals surface area (Å²) < 4.78 is 32.7. The fraction of sp³-hybridized carbons (Fsp3) is 0.531. The molecule has 0 bridgehead atoms. The van der Waals surface area contributed by atoms with Crippen LogP contribution in [0.2, 0.25) is 0 Å². The van der Waals surface area contributed by atoms with Crippen molar-refractivity contribution in [1.29, 1.82) is 0 Å². The predicted octanol–water partition coefficient (Wildman–Crippen LogP) is 4.67. The van der Waals surface area contributed by atoms with Gasteiger partial charge in [0.1, 0.15) is 11.5 Å². The number of ether oxygens (including phenoxy) is 1. The first kappa shape index (κ1) is 30.6. The van der Waals surface area contributed by atoms with Crippen molar-refractivity contribution < 1.29 is 27.9 Å². The van der Waals surface area contributed by atoms with Gasteiger partial charge in [0.25, 0.3) is 5.92 Å². The number of hydrogen-bond donors (Lipinski definition) is 2. The molecule has 2 aromatic carbocycles. The summed E-state index contributed by atoms with van der Waals surface area (Å²) in [6, 6.07) is 14.8. The van der Waals surface area contributed by atoms with Crippen LogP contribution >= 0.6 is 0 Å². The van der Waals surface area contributed by atoms with Crippen LogP contribution in [-0.2, 0) is 24.5 Å². The summed E-state index contributed by atoms with van der Waals surface area (Å²) in [5.41, 5.74) is 2.42. The molecular formula is C32H41F2N3O4. The Balaban J connectivity index is 0.00000189. The number of unbranched alkanes of at least 4 members (excludes halogenated alkanes) is 1. The quantitative estimate of drug-likeness (QED) is 0.407. The van der Waals surface area contributed by atoms with E-state index in [1.165, 1.54) is 0 Å². The van der Waals surface area contributed by atoms with E-state index in [9.17, 15) is 23.2 Å². The Morgan fingerprint density at radius 2 is 1.66 bits per heavy atom. The Morgan fingerprint density at radius 3 is 2.24 bits per heavy atom. The van der Waals surface area contributed by atoms with Gasteiger partial charge in [0, 0.05) is 26.6 Å². The SMILES string of the molecule is CC.CC(F)(F)CNC(=O)C1(CCCCN2CCC(NC(=O)C3CCOC3)C2=O)c2ccccc2-c2ccccc21. The molecule has 2 heterocycles. The van der Waals surface area contributed by atoms with E-state index in [-0.39, 0.29) is 17.7 Å². The molecule has 0 saturated carbocycles. The number of benzene rings is 2. The molecule has 41 heavy (non-hydrogen) atoms. The second kappa shape index (κ2) is 13.1. The number of fused-ring (bicyclic) bond motifs is 3. The van der Waals surface area contributed by atoms with E-state index in [4.69, 9.17) is 4.74 Å². The van der Waals surface area contributed by atoms with Gasteiger partial charge in [0.2, 0.25) is 17.7 Å². The summed E-state index contributed by atoms with van der Waals surface area (Å²) in [5.74, 6) is -3.87. The fourth-order valence-corrected chi connectivity index (χ4v) is 6.16. The molecule has 2 saturated heterocycles. The van der Waals surface area contributed by atoms with E-state index < -0.39 is 29.8 Å². The minimum absolute atomic E-state index is 0.0866. The van der Waals surface area contributed by atoms with Crippen molar-refractivity contribution in [3.8, 4) is 11.1 Å². The van der Waals surface area contributed by atoms with Crippen LogP contribution in [-0.4, -0.2) is 67.4 Å². The van der Waals surface area contributed by atoms with E-state index in [1.807, 2.05) is 62.4 Å². The molecule has 2 unspecified atom stereocenters. The molecule has 9 heteroatoms. The Morgan fingerprint density at radius 1 is 1.02 bits per heavy atom. The minimum Gasteiger partial charge on any atom is -0.381 e. The van der Waals surface area contributed by atoms with Gasteiger partial charge < -0.3 is 20.3 Å². The van der Waals surface area contributed by atoms with Gasteiger partial charge in [-0.1, -0.05) is 62.4 Å². The van der Waals surface area contributed by atoms with E-state index in [1.54, 1.807) is 4.90 Å². The van der Waals surface area contributed by atoms with Crippen molar-refractivity contribution in [3.05, 3.63) is 59.7 Å². The lowest BCUT2D eigenvalue weighted by Crippen LogP contribution is -2.47. The van der Waals surface area contributed by atoms with Crippen LogP contribution in [0, 0.1) is 5.92 Å². The maximum Gasteiger partial charge on any atom is 0.262 e. The van der Waals surface area contributed by atoms with Gasteiger partial charge in [-0.2, -0.15) is 0 Å². The average molecular weight is 570 g/mol. The number of carbonyl (C=O) groups excluding carboxylic acids is 3. The molecule has 3 amide bonds.